The molecule has 0 bridgehead atoms. The monoisotopic (exact) mass is 344 g/mol. The highest BCUT2D eigenvalue weighted by Crippen LogP contribution is 2.11. The molecule has 0 fully saturated rings. The fourth-order valence-electron chi connectivity index (χ4n) is 2.16. The molecular weight excluding hydrogens is 323 g/mol. The number of aromatic nitrogens is 1. The van der Waals surface area contributed by atoms with Crippen LogP contribution in [0.5, 0.6) is 0 Å². The van der Waals surface area contributed by atoms with E-state index in [-0.39, 0.29) is 11.6 Å². The molecule has 2 rings (SSSR count). The topological polar surface area (TPSA) is 74.3 Å². The Balaban J connectivity index is 1.97. The molecule has 25 heavy (non-hydrogen) atoms. The van der Waals surface area contributed by atoms with Gasteiger partial charge < -0.3 is 15.5 Å². The summed E-state index contributed by atoms with van der Waals surface area (Å²) >= 11 is 0. The molecule has 6 nitrogen and oxygen atoms in total. The molecule has 0 aliphatic carbocycles. The molecule has 0 spiro atoms. The van der Waals surface area contributed by atoms with Gasteiger partial charge in [0.15, 0.2) is 0 Å². The number of hydrogen-bond donors (Lipinski definition) is 2. The minimum Gasteiger partial charge on any atom is -0.352 e. The maximum Gasteiger partial charge on any atom is 0.274 e. The van der Waals surface area contributed by atoms with Crippen molar-refractivity contribution in [3.05, 3.63) is 59.7 Å². The zero-order valence-electron chi connectivity index (χ0n) is 14.3. The van der Waals surface area contributed by atoms with Gasteiger partial charge in [-0.15, -0.1) is 0 Å². The first-order chi connectivity index (χ1) is 12.0. The molecule has 0 saturated heterocycles. The van der Waals surface area contributed by atoms with E-state index in [9.17, 15) is 14.0 Å². The van der Waals surface area contributed by atoms with E-state index in [0.29, 0.717) is 17.8 Å². The van der Waals surface area contributed by atoms with Crippen LogP contribution in [0.2, 0.25) is 0 Å². The van der Waals surface area contributed by atoms with Crippen LogP contribution in [-0.2, 0) is 0 Å². The number of nitrogens with zero attached hydrogens (tertiary/aromatic N) is 2. The van der Waals surface area contributed by atoms with E-state index < -0.39 is 11.7 Å². The predicted octanol–water partition coefficient (Wildman–Crippen LogP) is 2.15. The maximum atomic E-state index is 13.2. The molecule has 0 radical (unpaired) electrons. The smallest absolute Gasteiger partial charge is 0.274 e. The van der Waals surface area contributed by atoms with Crippen LogP contribution in [0.4, 0.5) is 10.1 Å². The summed E-state index contributed by atoms with van der Waals surface area (Å²) in [6.07, 6.45) is 2.23. The summed E-state index contributed by atoms with van der Waals surface area (Å²) in [6, 6.07) is 8.52. The normalized spacial score (nSPS) is 10.6. The van der Waals surface area contributed by atoms with Crippen molar-refractivity contribution in [2.24, 2.45) is 0 Å². The highest BCUT2D eigenvalue weighted by molar-refractivity contribution is 6.04. The lowest BCUT2D eigenvalue weighted by atomic mass is 10.2. The van der Waals surface area contributed by atoms with Crippen molar-refractivity contribution < 1.29 is 14.0 Å². The van der Waals surface area contributed by atoms with Crippen LogP contribution in [0.25, 0.3) is 0 Å². The summed E-state index contributed by atoms with van der Waals surface area (Å²) in [5.41, 5.74) is 0.764. The van der Waals surface area contributed by atoms with Crippen LogP contribution in [0.15, 0.2) is 42.6 Å². The van der Waals surface area contributed by atoms with Crippen molar-refractivity contribution in [3.8, 4) is 0 Å². The number of carbonyl (C=O) groups excluding carboxylic acids is 2. The third-order valence-electron chi connectivity index (χ3n) is 3.40. The van der Waals surface area contributed by atoms with Gasteiger partial charge >= 0.3 is 0 Å². The molecule has 2 N–H and O–H groups in total. The lowest BCUT2D eigenvalue weighted by Crippen LogP contribution is -2.27. The SMILES string of the molecule is CN(C)CCCNC(=O)c1ccnc(C(=O)Nc2cccc(F)c2)c1. The maximum absolute atomic E-state index is 13.2. The molecule has 1 heterocycles. The number of carbonyl (C=O) groups is 2. The number of anilines is 1. The number of nitrogens with one attached hydrogen (secondary N) is 2. The largest absolute Gasteiger partial charge is 0.352 e. The second-order valence-corrected chi connectivity index (χ2v) is 5.81. The molecule has 1 aromatic heterocycles. The van der Waals surface area contributed by atoms with Crippen LogP contribution in [0.1, 0.15) is 27.3 Å². The standard InChI is InChI=1S/C18H21FN4O2/c1-23(2)10-4-8-21-17(24)13-7-9-20-16(11-13)18(25)22-15-6-3-5-14(19)12-15/h3,5-7,9,11-12H,4,8,10H2,1-2H3,(H,21,24)(H,22,25). The van der Waals surface area contributed by atoms with Crippen LogP contribution >= 0.6 is 0 Å². The third kappa shape index (κ3) is 5.96. The van der Waals surface area contributed by atoms with Gasteiger partial charge in [0.05, 0.1) is 0 Å². The van der Waals surface area contributed by atoms with Crippen molar-refractivity contribution in [1.29, 1.82) is 0 Å². The quantitative estimate of drug-likeness (QED) is 0.755. The average Bonchev–Trinajstić information content (AvgIpc) is 2.58. The second-order valence-electron chi connectivity index (χ2n) is 5.81. The van der Waals surface area contributed by atoms with Crippen LogP contribution in [-0.4, -0.2) is 48.9 Å². The molecule has 2 amide bonds. The summed E-state index contributed by atoms with van der Waals surface area (Å²) in [5.74, 6) is -1.22. The van der Waals surface area contributed by atoms with Gasteiger partial charge in [-0.2, -0.15) is 0 Å². The van der Waals surface area contributed by atoms with Gasteiger partial charge in [-0.05, 0) is 57.4 Å². The molecule has 0 atom stereocenters. The molecule has 2 aromatic rings. The molecule has 7 heteroatoms. The van der Waals surface area contributed by atoms with Crippen molar-refractivity contribution in [1.82, 2.24) is 15.2 Å². The fraction of sp³-hybridized carbons (Fsp3) is 0.278. The molecule has 0 unspecified atom stereocenters. The Kier molecular flexibility index (Phi) is 6.59. The highest BCUT2D eigenvalue weighted by atomic mass is 19.1. The van der Waals surface area contributed by atoms with E-state index in [1.807, 2.05) is 19.0 Å². The first-order valence-electron chi connectivity index (χ1n) is 7.91. The van der Waals surface area contributed by atoms with Crippen LogP contribution in [0.3, 0.4) is 0 Å². The average molecular weight is 344 g/mol. The van der Waals surface area contributed by atoms with Crippen molar-refractivity contribution in [2.45, 2.75) is 6.42 Å². The molecule has 1 aromatic carbocycles. The van der Waals surface area contributed by atoms with Crippen molar-refractivity contribution in [3.63, 3.8) is 0 Å². The summed E-state index contributed by atoms with van der Waals surface area (Å²) in [7, 11) is 3.93. The second kappa shape index (κ2) is 8.89. The number of pyridine rings is 1. The summed E-state index contributed by atoms with van der Waals surface area (Å²) in [5, 5.41) is 5.35. The lowest BCUT2D eigenvalue weighted by molar-refractivity contribution is 0.0952. The summed E-state index contributed by atoms with van der Waals surface area (Å²) < 4.78 is 13.2. The Bertz CT molecular complexity index is 749. The minimum absolute atomic E-state index is 0.0882. The van der Waals surface area contributed by atoms with Crippen LogP contribution < -0.4 is 10.6 Å². The number of halogens is 1. The zero-order chi connectivity index (χ0) is 18.2. The Hall–Kier alpha value is -2.80. The van der Waals surface area contributed by atoms with Gasteiger partial charge in [0, 0.05) is 24.0 Å². The van der Waals surface area contributed by atoms with Gasteiger partial charge in [0.2, 0.25) is 0 Å². The van der Waals surface area contributed by atoms with E-state index >= 15 is 0 Å². The van der Waals surface area contributed by atoms with E-state index in [1.165, 1.54) is 30.5 Å². The molecule has 0 aliphatic rings. The first kappa shape index (κ1) is 18.5. The number of hydrogen-bond acceptors (Lipinski definition) is 4. The van der Waals surface area contributed by atoms with Crippen molar-refractivity contribution >= 4 is 17.5 Å². The van der Waals surface area contributed by atoms with Crippen LogP contribution in [0, 0.1) is 5.82 Å². The van der Waals surface area contributed by atoms with E-state index in [0.717, 1.165) is 13.0 Å². The Morgan fingerprint density at radius 2 is 1.96 bits per heavy atom. The zero-order valence-corrected chi connectivity index (χ0v) is 14.3. The van der Waals surface area contributed by atoms with E-state index in [2.05, 4.69) is 15.6 Å². The highest BCUT2D eigenvalue weighted by Gasteiger charge is 2.12. The number of amides is 2. The van der Waals surface area contributed by atoms with E-state index in [1.54, 1.807) is 12.1 Å². The van der Waals surface area contributed by atoms with Gasteiger partial charge in [-0.25, -0.2) is 4.39 Å². The first-order valence-corrected chi connectivity index (χ1v) is 7.91. The number of benzene rings is 1. The predicted molar refractivity (Wildman–Crippen MR) is 94.1 cm³/mol. The lowest BCUT2D eigenvalue weighted by Gasteiger charge is -2.10. The Morgan fingerprint density at radius 1 is 1.16 bits per heavy atom. The molecule has 0 aliphatic heterocycles. The Labute approximate surface area is 146 Å². The third-order valence-corrected chi connectivity index (χ3v) is 3.40. The van der Waals surface area contributed by atoms with Gasteiger partial charge in [0.1, 0.15) is 11.5 Å². The minimum atomic E-state index is -0.507. The number of rotatable bonds is 7. The fourth-order valence-corrected chi connectivity index (χ4v) is 2.16. The summed E-state index contributed by atoms with van der Waals surface area (Å²) in [6.45, 7) is 1.42. The molecular formula is C18H21FN4O2. The molecule has 132 valence electrons. The van der Waals surface area contributed by atoms with E-state index in [4.69, 9.17) is 0 Å². The van der Waals surface area contributed by atoms with Crippen molar-refractivity contribution in [2.75, 3.05) is 32.5 Å². The van der Waals surface area contributed by atoms with Gasteiger partial charge in [0.25, 0.3) is 11.8 Å². The van der Waals surface area contributed by atoms with Gasteiger partial charge in [-0.1, -0.05) is 6.07 Å². The molecule has 0 saturated carbocycles. The summed E-state index contributed by atoms with van der Waals surface area (Å²) in [4.78, 5) is 30.3. The van der Waals surface area contributed by atoms with Gasteiger partial charge in [-0.3, -0.25) is 14.6 Å². The Morgan fingerprint density at radius 3 is 2.68 bits per heavy atom.